The lowest BCUT2D eigenvalue weighted by atomic mass is 9.74. The number of fused-ring (bicyclic) bond motifs is 1. The zero-order valence-electron chi connectivity index (χ0n) is 21.1. The molecular formula is C25H40INO4Si. The molecule has 1 aliphatic heterocycles. The molecule has 1 fully saturated rings. The van der Waals surface area contributed by atoms with Crippen LogP contribution in [0.2, 0.25) is 18.1 Å². The van der Waals surface area contributed by atoms with E-state index in [1.807, 2.05) is 6.92 Å². The van der Waals surface area contributed by atoms with Crippen LogP contribution in [0.15, 0.2) is 0 Å². The van der Waals surface area contributed by atoms with Gasteiger partial charge < -0.3 is 13.9 Å². The van der Waals surface area contributed by atoms with Gasteiger partial charge >= 0.3 is 5.97 Å². The maximum atomic E-state index is 13.2. The fraction of sp³-hybridized carbons (Fsp3) is 0.760. The number of carbonyl (C=O) groups excluding carboxylic acids is 1. The molecule has 180 valence electrons. The predicted molar refractivity (Wildman–Crippen MR) is 139 cm³/mol. The zero-order valence-corrected chi connectivity index (χ0v) is 24.2. The van der Waals surface area contributed by atoms with Crippen LogP contribution in [0.4, 0.5) is 0 Å². The fourth-order valence-corrected chi connectivity index (χ4v) is 6.94. The van der Waals surface area contributed by atoms with E-state index < -0.39 is 8.32 Å². The van der Waals surface area contributed by atoms with Crippen LogP contribution in [0.25, 0.3) is 0 Å². The van der Waals surface area contributed by atoms with Crippen LogP contribution < -0.4 is 0 Å². The van der Waals surface area contributed by atoms with Gasteiger partial charge in [0.05, 0.1) is 24.0 Å². The first-order chi connectivity index (χ1) is 14.8. The van der Waals surface area contributed by atoms with Gasteiger partial charge in [-0.2, -0.15) is 0 Å². The molecule has 1 aromatic heterocycles. The Bertz CT molecular complexity index is 856. The molecule has 0 N–H and O–H groups in total. The molecule has 32 heavy (non-hydrogen) atoms. The molecule has 1 aromatic rings. The highest BCUT2D eigenvalue weighted by atomic mass is 127. The van der Waals surface area contributed by atoms with E-state index in [-0.39, 0.29) is 28.4 Å². The Morgan fingerprint density at radius 2 is 1.88 bits per heavy atom. The summed E-state index contributed by atoms with van der Waals surface area (Å²) in [5.41, 5.74) is 3.87. The van der Waals surface area contributed by atoms with Crippen LogP contribution in [0.1, 0.15) is 100 Å². The number of ether oxygens (including phenoxy) is 2. The minimum atomic E-state index is -2.02. The Kier molecular flexibility index (Phi) is 7.85. The minimum Gasteiger partial charge on any atom is -0.462 e. The highest BCUT2D eigenvalue weighted by molar-refractivity contribution is 14.1. The predicted octanol–water partition coefficient (Wildman–Crippen LogP) is 6.79. The smallest absolute Gasteiger partial charge is 0.341 e. The van der Waals surface area contributed by atoms with E-state index in [2.05, 4.69) is 70.3 Å². The van der Waals surface area contributed by atoms with Crippen molar-refractivity contribution in [3.05, 3.63) is 26.1 Å². The molecule has 7 heteroatoms. The van der Waals surface area contributed by atoms with Crippen LogP contribution in [0, 0.1) is 8.99 Å². The molecule has 0 unspecified atom stereocenters. The van der Waals surface area contributed by atoms with Gasteiger partial charge in [0.15, 0.2) is 8.32 Å². The maximum Gasteiger partial charge on any atom is 0.341 e. The third-order valence-corrected chi connectivity index (χ3v) is 12.9. The summed E-state index contributed by atoms with van der Waals surface area (Å²) in [5, 5.41) is 0.111. The number of carbonyl (C=O) groups is 1. The quantitative estimate of drug-likeness (QED) is 0.221. The summed E-state index contributed by atoms with van der Waals surface area (Å²) >= 11 is 2.36. The first kappa shape index (κ1) is 26.1. The van der Waals surface area contributed by atoms with E-state index in [4.69, 9.17) is 18.9 Å². The van der Waals surface area contributed by atoms with Gasteiger partial charge in [0.1, 0.15) is 0 Å². The molecule has 0 aromatic carbocycles. The molecule has 0 bridgehead atoms. The van der Waals surface area contributed by atoms with Gasteiger partial charge in [0.25, 0.3) is 0 Å². The molecule has 0 saturated carbocycles. The molecule has 0 amide bonds. The number of nitrogens with zero attached hydrogens (tertiary/aromatic N) is 1. The van der Waals surface area contributed by atoms with E-state index in [9.17, 15) is 4.79 Å². The van der Waals surface area contributed by atoms with Gasteiger partial charge in [-0.1, -0.05) is 34.6 Å². The lowest BCUT2D eigenvalue weighted by Crippen LogP contribution is -2.44. The van der Waals surface area contributed by atoms with Crippen molar-refractivity contribution in [2.24, 2.45) is 5.41 Å². The fourth-order valence-electron chi connectivity index (χ4n) is 4.52. The summed E-state index contributed by atoms with van der Waals surface area (Å²) in [6, 6.07) is 0. The Balaban J connectivity index is 2.17. The number of hydrogen-bond acceptors (Lipinski definition) is 5. The third-order valence-electron chi connectivity index (χ3n) is 7.31. The number of hydrogen-bond donors (Lipinski definition) is 0. The Morgan fingerprint density at radius 3 is 2.44 bits per heavy atom. The molecule has 2 aliphatic rings. The molecule has 1 aliphatic carbocycles. The first-order valence-electron chi connectivity index (χ1n) is 11.9. The van der Waals surface area contributed by atoms with E-state index in [0.29, 0.717) is 25.4 Å². The molecule has 5 nitrogen and oxygen atoms in total. The van der Waals surface area contributed by atoms with Gasteiger partial charge in [0.2, 0.25) is 0 Å². The number of aromatic nitrogens is 1. The van der Waals surface area contributed by atoms with E-state index in [0.717, 1.165) is 46.2 Å². The monoisotopic (exact) mass is 573 g/mol. The summed E-state index contributed by atoms with van der Waals surface area (Å²) in [6.45, 7) is 19.7. The Hall–Kier alpha value is -0.513. The zero-order chi connectivity index (χ0) is 23.9. The summed E-state index contributed by atoms with van der Waals surface area (Å²) in [7, 11) is -2.02. The molecular weight excluding hydrogens is 533 g/mol. The largest absolute Gasteiger partial charge is 0.462 e. The lowest BCUT2D eigenvalue weighted by Gasteiger charge is -2.44. The summed E-state index contributed by atoms with van der Waals surface area (Å²) < 4.78 is 19.1. The van der Waals surface area contributed by atoms with E-state index in [1.165, 1.54) is 0 Å². The average molecular weight is 574 g/mol. The number of halogens is 1. The van der Waals surface area contributed by atoms with Crippen molar-refractivity contribution in [2.45, 2.75) is 97.4 Å². The van der Waals surface area contributed by atoms with Gasteiger partial charge in [-0.3, -0.25) is 4.98 Å². The summed E-state index contributed by atoms with van der Waals surface area (Å²) in [4.78, 5) is 18.4. The minimum absolute atomic E-state index is 0.0500. The molecule has 3 rings (SSSR count). The second-order valence-corrected chi connectivity index (χ2v) is 17.4. The van der Waals surface area contributed by atoms with Crippen molar-refractivity contribution in [3.8, 4) is 0 Å². The maximum absolute atomic E-state index is 13.2. The van der Waals surface area contributed by atoms with Gasteiger partial charge in [-0.25, -0.2) is 4.79 Å². The highest BCUT2D eigenvalue weighted by Gasteiger charge is 2.44. The number of pyridine rings is 1. The standard InChI is InChI=1S/C25H40INO4Si/c1-9-30-23(28)20-21(26)19-17(27-22(20)16-10-12-29-13-11-16)14-25(5,6)15-18(19)31-32(7,8)24(2,3)4/h16,18H,9-15H2,1-8H3/t18-/m0/s1. The number of rotatable bonds is 5. The van der Waals surface area contributed by atoms with Gasteiger partial charge in [-0.15, -0.1) is 0 Å². The van der Waals surface area contributed by atoms with Crippen LogP contribution >= 0.6 is 22.6 Å². The van der Waals surface area contributed by atoms with Crippen molar-refractivity contribution in [1.29, 1.82) is 0 Å². The van der Waals surface area contributed by atoms with Gasteiger partial charge in [-0.05, 0) is 78.7 Å². The summed E-state index contributed by atoms with van der Waals surface area (Å²) in [5.74, 6) is -0.0311. The third kappa shape index (κ3) is 5.41. The second-order valence-electron chi connectivity index (χ2n) is 11.6. The molecule has 0 spiro atoms. The van der Waals surface area contributed by atoms with Crippen molar-refractivity contribution in [3.63, 3.8) is 0 Å². The van der Waals surface area contributed by atoms with Crippen molar-refractivity contribution >= 4 is 36.9 Å². The van der Waals surface area contributed by atoms with E-state index in [1.54, 1.807) is 0 Å². The van der Waals surface area contributed by atoms with Crippen molar-refractivity contribution in [1.82, 2.24) is 4.98 Å². The molecule has 2 heterocycles. The molecule has 1 saturated heterocycles. The van der Waals surface area contributed by atoms with Crippen LogP contribution in [0.5, 0.6) is 0 Å². The topological polar surface area (TPSA) is 57.7 Å². The van der Waals surface area contributed by atoms with Crippen LogP contribution in [-0.4, -0.2) is 39.1 Å². The van der Waals surface area contributed by atoms with Gasteiger partial charge in [0, 0.05) is 34.0 Å². The normalized spacial score (nSPS) is 21.8. The average Bonchev–Trinajstić information content (AvgIpc) is 2.66. The number of esters is 1. The van der Waals surface area contributed by atoms with Crippen molar-refractivity contribution < 1.29 is 18.7 Å². The Labute approximate surface area is 208 Å². The summed E-state index contributed by atoms with van der Waals surface area (Å²) in [6.07, 6.45) is 3.56. The van der Waals surface area contributed by atoms with Crippen LogP contribution in [-0.2, 0) is 20.3 Å². The lowest BCUT2D eigenvalue weighted by molar-refractivity contribution is 0.0514. The molecule has 0 radical (unpaired) electrons. The van der Waals surface area contributed by atoms with Crippen molar-refractivity contribution in [2.75, 3.05) is 19.8 Å². The van der Waals surface area contributed by atoms with Crippen LogP contribution in [0.3, 0.4) is 0 Å². The Morgan fingerprint density at radius 1 is 1.25 bits per heavy atom. The first-order valence-corrected chi connectivity index (χ1v) is 15.9. The molecule has 1 atom stereocenters. The van der Waals surface area contributed by atoms with E-state index >= 15 is 0 Å². The highest BCUT2D eigenvalue weighted by Crippen LogP contribution is 2.49. The SMILES string of the molecule is CCOC(=O)c1c(C2CCOCC2)nc2c(c1I)[C@@H](O[Si](C)(C)C(C)(C)C)CC(C)(C)C2. The second kappa shape index (κ2) is 9.62.